The summed E-state index contributed by atoms with van der Waals surface area (Å²) in [5.41, 5.74) is 0.997. The second kappa shape index (κ2) is 7.51. The highest BCUT2D eigenvalue weighted by atomic mass is 32.2. The summed E-state index contributed by atoms with van der Waals surface area (Å²) in [5, 5.41) is 0. The van der Waals surface area contributed by atoms with Crippen LogP contribution in [0.25, 0.3) is 0 Å². The van der Waals surface area contributed by atoms with Gasteiger partial charge in [0.1, 0.15) is 11.5 Å². The fraction of sp³-hybridized carbons (Fsp3) is 0.222. The van der Waals surface area contributed by atoms with E-state index in [0.717, 1.165) is 5.56 Å². The van der Waals surface area contributed by atoms with Crippen molar-refractivity contribution in [2.75, 3.05) is 12.3 Å². The number of furan rings is 2. The molecule has 0 aliphatic carbocycles. The molecular weight excluding hydrogens is 326 g/mol. The summed E-state index contributed by atoms with van der Waals surface area (Å²) in [6, 6.07) is 16.7. The van der Waals surface area contributed by atoms with Crippen molar-refractivity contribution in [3.05, 3.63) is 84.2 Å². The lowest BCUT2D eigenvalue weighted by molar-refractivity contribution is 0.424. The van der Waals surface area contributed by atoms with Crippen LogP contribution in [0.15, 0.2) is 76.0 Å². The second-order valence-electron chi connectivity index (χ2n) is 5.49. The van der Waals surface area contributed by atoms with Gasteiger partial charge in [-0.15, -0.1) is 0 Å². The third-order valence-corrected chi connectivity index (χ3v) is 5.13. The van der Waals surface area contributed by atoms with Crippen LogP contribution < -0.4 is 4.72 Å². The molecule has 2 aromatic heterocycles. The van der Waals surface area contributed by atoms with Gasteiger partial charge in [-0.2, -0.15) is 0 Å². The molecule has 1 aromatic carbocycles. The van der Waals surface area contributed by atoms with Gasteiger partial charge < -0.3 is 8.83 Å². The van der Waals surface area contributed by atoms with Gasteiger partial charge in [0.2, 0.25) is 10.0 Å². The number of nitrogens with one attached hydrogen (secondary N) is 1. The molecule has 0 radical (unpaired) electrons. The van der Waals surface area contributed by atoms with Crippen LogP contribution in [0.4, 0.5) is 0 Å². The largest absolute Gasteiger partial charge is 0.469 e. The summed E-state index contributed by atoms with van der Waals surface area (Å²) < 4.78 is 38.0. The molecule has 1 N–H and O–H groups in total. The van der Waals surface area contributed by atoms with Crippen molar-refractivity contribution in [1.82, 2.24) is 4.72 Å². The monoisotopic (exact) mass is 345 g/mol. The summed E-state index contributed by atoms with van der Waals surface area (Å²) in [6.07, 6.45) is 3.60. The first kappa shape index (κ1) is 16.5. The standard InChI is InChI=1S/C18H19NO4S/c20-24(21,13-10-15-6-2-1-3-7-15)19-14-16(17-8-4-11-22-17)18-9-5-12-23-18/h1-9,11-12,16,19H,10,13-14H2. The molecule has 0 amide bonds. The average molecular weight is 345 g/mol. The van der Waals surface area contributed by atoms with E-state index < -0.39 is 10.0 Å². The summed E-state index contributed by atoms with van der Waals surface area (Å²) in [4.78, 5) is 0. The SMILES string of the molecule is O=S(=O)(CCc1ccccc1)NCC(c1ccco1)c1ccco1. The van der Waals surface area contributed by atoms with Gasteiger partial charge in [0.05, 0.1) is 24.2 Å². The van der Waals surface area contributed by atoms with Crippen LogP contribution in [-0.4, -0.2) is 20.7 Å². The topological polar surface area (TPSA) is 72.5 Å². The molecule has 0 atom stereocenters. The number of sulfonamides is 1. The highest BCUT2D eigenvalue weighted by molar-refractivity contribution is 7.89. The first-order chi connectivity index (χ1) is 11.6. The molecule has 6 heteroatoms. The van der Waals surface area contributed by atoms with E-state index in [1.165, 1.54) is 0 Å². The minimum Gasteiger partial charge on any atom is -0.469 e. The molecule has 0 saturated heterocycles. The Hall–Kier alpha value is -2.31. The van der Waals surface area contributed by atoms with Crippen molar-refractivity contribution >= 4 is 10.0 Å². The molecule has 5 nitrogen and oxygen atoms in total. The van der Waals surface area contributed by atoms with E-state index in [2.05, 4.69) is 4.72 Å². The lowest BCUT2D eigenvalue weighted by atomic mass is 10.0. The third kappa shape index (κ3) is 4.37. The summed E-state index contributed by atoms with van der Waals surface area (Å²) in [5.74, 6) is 1.08. The van der Waals surface area contributed by atoms with Crippen molar-refractivity contribution < 1.29 is 17.3 Å². The highest BCUT2D eigenvalue weighted by Gasteiger charge is 2.22. The Labute approximate surface area is 141 Å². The Morgan fingerprint density at radius 1 is 0.875 bits per heavy atom. The van der Waals surface area contributed by atoms with Crippen LogP contribution in [-0.2, 0) is 16.4 Å². The maximum Gasteiger partial charge on any atom is 0.211 e. The van der Waals surface area contributed by atoms with Crippen molar-refractivity contribution in [3.63, 3.8) is 0 Å². The molecule has 0 saturated carbocycles. The van der Waals surface area contributed by atoms with Gasteiger partial charge in [-0.05, 0) is 36.2 Å². The van der Waals surface area contributed by atoms with Gasteiger partial charge >= 0.3 is 0 Å². The molecule has 126 valence electrons. The summed E-state index contributed by atoms with van der Waals surface area (Å²) in [6.45, 7) is 0.193. The van der Waals surface area contributed by atoms with Gasteiger partial charge in [-0.3, -0.25) is 0 Å². The minimum atomic E-state index is -3.39. The normalized spacial score (nSPS) is 11.9. The predicted octanol–water partition coefficient (Wildman–Crippen LogP) is 3.17. The van der Waals surface area contributed by atoms with E-state index in [4.69, 9.17) is 8.83 Å². The number of aryl methyl sites for hydroxylation is 1. The number of hydrogen-bond donors (Lipinski definition) is 1. The van der Waals surface area contributed by atoms with E-state index in [1.54, 1.807) is 24.7 Å². The molecule has 0 spiro atoms. The lowest BCUT2D eigenvalue weighted by Gasteiger charge is -2.13. The smallest absolute Gasteiger partial charge is 0.211 e. The van der Waals surface area contributed by atoms with Gasteiger partial charge in [0.25, 0.3) is 0 Å². The molecule has 0 aliphatic rings. The highest BCUT2D eigenvalue weighted by Crippen LogP contribution is 2.25. The van der Waals surface area contributed by atoms with E-state index in [-0.39, 0.29) is 18.2 Å². The van der Waals surface area contributed by atoms with Crippen molar-refractivity contribution in [3.8, 4) is 0 Å². The van der Waals surface area contributed by atoms with Gasteiger partial charge in [0, 0.05) is 6.54 Å². The number of rotatable bonds is 8. The minimum absolute atomic E-state index is 0.0417. The van der Waals surface area contributed by atoms with Crippen molar-refractivity contribution in [1.29, 1.82) is 0 Å². The fourth-order valence-electron chi connectivity index (χ4n) is 2.50. The Kier molecular flexibility index (Phi) is 5.17. The molecule has 0 unspecified atom stereocenters. The number of hydrogen-bond acceptors (Lipinski definition) is 4. The summed E-state index contributed by atoms with van der Waals surface area (Å²) >= 11 is 0. The average Bonchev–Trinajstić information content (AvgIpc) is 3.28. The van der Waals surface area contributed by atoms with E-state index in [9.17, 15) is 8.42 Å². The zero-order valence-corrected chi connectivity index (χ0v) is 13.9. The van der Waals surface area contributed by atoms with E-state index in [0.29, 0.717) is 17.9 Å². The van der Waals surface area contributed by atoms with Gasteiger partial charge in [-0.1, -0.05) is 30.3 Å². The molecule has 3 rings (SSSR count). The van der Waals surface area contributed by atoms with E-state index in [1.807, 2.05) is 42.5 Å². The first-order valence-electron chi connectivity index (χ1n) is 7.72. The molecule has 3 aromatic rings. The van der Waals surface area contributed by atoms with Crippen molar-refractivity contribution in [2.45, 2.75) is 12.3 Å². The quantitative estimate of drug-likeness (QED) is 0.681. The predicted molar refractivity (Wildman–Crippen MR) is 91.2 cm³/mol. The molecule has 0 fully saturated rings. The van der Waals surface area contributed by atoms with Crippen LogP contribution >= 0.6 is 0 Å². The first-order valence-corrected chi connectivity index (χ1v) is 9.37. The second-order valence-corrected chi connectivity index (χ2v) is 7.41. The van der Waals surface area contributed by atoms with E-state index >= 15 is 0 Å². The number of benzene rings is 1. The van der Waals surface area contributed by atoms with Gasteiger partial charge in [0.15, 0.2) is 0 Å². The van der Waals surface area contributed by atoms with Crippen LogP contribution in [0, 0.1) is 0 Å². The maximum absolute atomic E-state index is 12.3. The Bertz CT molecular complexity index is 790. The Morgan fingerprint density at radius 2 is 1.50 bits per heavy atom. The van der Waals surface area contributed by atoms with Crippen LogP contribution in [0.5, 0.6) is 0 Å². The molecule has 24 heavy (non-hydrogen) atoms. The Morgan fingerprint density at radius 3 is 2.04 bits per heavy atom. The summed E-state index contributed by atoms with van der Waals surface area (Å²) in [7, 11) is -3.39. The third-order valence-electron chi connectivity index (χ3n) is 3.78. The molecule has 0 bridgehead atoms. The zero-order chi connectivity index (χ0) is 16.8. The molecule has 2 heterocycles. The van der Waals surface area contributed by atoms with Crippen LogP contribution in [0.1, 0.15) is 23.0 Å². The Balaban J connectivity index is 1.63. The maximum atomic E-state index is 12.3. The zero-order valence-electron chi connectivity index (χ0n) is 13.1. The molecular formula is C18H19NO4S. The van der Waals surface area contributed by atoms with Gasteiger partial charge in [-0.25, -0.2) is 13.1 Å². The van der Waals surface area contributed by atoms with Crippen LogP contribution in [0.3, 0.4) is 0 Å². The van der Waals surface area contributed by atoms with Crippen molar-refractivity contribution in [2.24, 2.45) is 0 Å². The fourth-order valence-corrected chi connectivity index (χ4v) is 3.57. The lowest BCUT2D eigenvalue weighted by Crippen LogP contribution is -2.31. The van der Waals surface area contributed by atoms with Crippen LogP contribution in [0.2, 0.25) is 0 Å². The molecule has 0 aliphatic heterocycles.